The molecule has 1 aromatic heterocycles. The Labute approximate surface area is 80.5 Å². The lowest BCUT2D eigenvalue weighted by Crippen LogP contribution is -2.23. The summed E-state index contributed by atoms with van der Waals surface area (Å²) in [5, 5.41) is 0. The SMILES string of the molecule is CCCCCC=Cn1cc[n+](C)c1. The highest BCUT2D eigenvalue weighted by atomic mass is 15.1. The van der Waals surface area contributed by atoms with Crippen LogP contribution in [0.2, 0.25) is 0 Å². The third-order valence-corrected chi connectivity index (χ3v) is 2.04. The number of nitrogens with zero attached hydrogens (tertiary/aromatic N) is 2. The van der Waals surface area contributed by atoms with Crippen LogP contribution in [-0.2, 0) is 7.05 Å². The van der Waals surface area contributed by atoms with E-state index in [2.05, 4.69) is 36.3 Å². The number of unbranched alkanes of at least 4 members (excludes halogenated alkanes) is 3. The van der Waals surface area contributed by atoms with E-state index in [4.69, 9.17) is 0 Å². The van der Waals surface area contributed by atoms with E-state index in [1.807, 2.05) is 17.8 Å². The Balaban J connectivity index is 2.24. The van der Waals surface area contributed by atoms with Gasteiger partial charge >= 0.3 is 0 Å². The molecule has 1 rings (SSSR count). The van der Waals surface area contributed by atoms with Gasteiger partial charge in [0.1, 0.15) is 12.4 Å². The molecule has 0 amide bonds. The van der Waals surface area contributed by atoms with Crippen molar-refractivity contribution in [1.82, 2.24) is 4.57 Å². The van der Waals surface area contributed by atoms with E-state index in [1.54, 1.807) is 0 Å². The number of aryl methyl sites for hydroxylation is 1. The molecule has 1 heterocycles. The lowest BCUT2D eigenvalue weighted by molar-refractivity contribution is -0.670. The fraction of sp³-hybridized carbons (Fsp3) is 0.545. The van der Waals surface area contributed by atoms with Crippen LogP contribution in [0, 0.1) is 0 Å². The third kappa shape index (κ3) is 3.92. The van der Waals surface area contributed by atoms with Crippen LogP contribution in [0.15, 0.2) is 24.8 Å². The van der Waals surface area contributed by atoms with Crippen molar-refractivity contribution in [2.24, 2.45) is 7.05 Å². The molecule has 0 atom stereocenters. The average Bonchev–Trinajstić information content (AvgIpc) is 2.51. The van der Waals surface area contributed by atoms with Crippen molar-refractivity contribution in [3.63, 3.8) is 0 Å². The zero-order chi connectivity index (χ0) is 9.52. The van der Waals surface area contributed by atoms with Crippen LogP contribution in [0.25, 0.3) is 6.20 Å². The lowest BCUT2D eigenvalue weighted by atomic mass is 10.2. The van der Waals surface area contributed by atoms with Gasteiger partial charge in [0, 0.05) is 0 Å². The summed E-state index contributed by atoms with van der Waals surface area (Å²) in [4.78, 5) is 0. The molecule has 0 aromatic carbocycles. The number of imidazole rings is 1. The van der Waals surface area contributed by atoms with E-state index in [0.717, 1.165) is 0 Å². The van der Waals surface area contributed by atoms with Crippen molar-refractivity contribution in [2.75, 3.05) is 0 Å². The summed E-state index contributed by atoms with van der Waals surface area (Å²) < 4.78 is 4.11. The van der Waals surface area contributed by atoms with Crippen LogP contribution in [0.1, 0.15) is 32.6 Å². The van der Waals surface area contributed by atoms with Crippen molar-refractivity contribution >= 4 is 6.20 Å². The van der Waals surface area contributed by atoms with Crippen molar-refractivity contribution in [2.45, 2.75) is 32.6 Å². The van der Waals surface area contributed by atoms with Crippen LogP contribution >= 0.6 is 0 Å². The zero-order valence-corrected chi connectivity index (χ0v) is 8.61. The normalized spacial score (nSPS) is 11.2. The van der Waals surface area contributed by atoms with Gasteiger partial charge in [-0.3, -0.25) is 0 Å². The topological polar surface area (TPSA) is 8.81 Å². The minimum atomic E-state index is 1.19. The molecular weight excluding hydrogens is 160 g/mol. The van der Waals surface area contributed by atoms with Gasteiger partial charge in [-0.05, 0) is 18.9 Å². The predicted octanol–water partition coefficient (Wildman–Crippen LogP) is 2.36. The highest BCUT2D eigenvalue weighted by Gasteiger charge is 1.92. The van der Waals surface area contributed by atoms with Gasteiger partial charge < -0.3 is 0 Å². The van der Waals surface area contributed by atoms with Crippen molar-refractivity contribution in [3.05, 3.63) is 24.8 Å². The fourth-order valence-electron chi connectivity index (χ4n) is 1.27. The first-order valence-electron chi connectivity index (χ1n) is 5.02. The molecule has 72 valence electrons. The fourth-order valence-corrected chi connectivity index (χ4v) is 1.27. The Hall–Kier alpha value is -1.05. The molecule has 0 radical (unpaired) electrons. The molecular formula is C11H19N2+. The summed E-state index contributed by atoms with van der Waals surface area (Å²) in [5.74, 6) is 0. The number of hydrogen-bond acceptors (Lipinski definition) is 0. The number of hydrogen-bond donors (Lipinski definition) is 0. The largest absolute Gasteiger partial charge is 0.248 e. The molecule has 0 unspecified atom stereocenters. The molecule has 0 spiro atoms. The molecule has 0 fully saturated rings. The van der Waals surface area contributed by atoms with Gasteiger partial charge in [0.05, 0.1) is 13.2 Å². The maximum atomic E-state index is 2.23. The monoisotopic (exact) mass is 179 g/mol. The second kappa shape index (κ2) is 5.57. The van der Waals surface area contributed by atoms with Crippen molar-refractivity contribution in [1.29, 1.82) is 0 Å². The molecule has 0 bridgehead atoms. The number of rotatable bonds is 5. The van der Waals surface area contributed by atoms with Gasteiger partial charge in [0.25, 0.3) is 0 Å². The summed E-state index contributed by atoms with van der Waals surface area (Å²) in [6.07, 6.45) is 15.6. The van der Waals surface area contributed by atoms with Crippen molar-refractivity contribution < 1.29 is 4.57 Å². The first kappa shape index (κ1) is 10.0. The first-order chi connectivity index (χ1) is 6.33. The van der Waals surface area contributed by atoms with Gasteiger partial charge in [-0.2, -0.15) is 0 Å². The van der Waals surface area contributed by atoms with E-state index in [0.29, 0.717) is 0 Å². The number of aromatic nitrogens is 2. The molecule has 13 heavy (non-hydrogen) atoms. The molecule has 0 aliphatic carbocycles. The quantitative estimate of drug-likeness (QED) is 0.484. The predicted molar refractivity (Wildman–Crippen MR) is 55.1 cm³/mol. The second-order valence-corrected chi connectivity index (χ2v) is 3.41. The van der Waals surface area contributed by atoms with E-state index in [1.165, 1.54) is 25.7 Å². The second-order valence-electron chi connectivity index (χ2n) is 3.41. The van der Waals surface area contributed by atoms with Gasteiger partial charge in [-0.1, -0.05) is 19.8 Å². The molecule has 0 aliphatic rings. The van der Waals surface area contributed by atoms with Crippen LogP contribution in [0.5, 0.6) is 0 Å². The average molecular weight is 179 g/mol. The molecule has 0 saturated carbocycles. The van der Waals surface area contributed by atoms with E-state index in [-0.39, 0.29) is 0 Å². The summed E-state index contributed by atoms with van der Waals surface area (Å²) in [6, 6.07) is 0. The molecule has 2 nitrogen and oxygen atoms in total. The molecule has 1 aromatic rings. The van der Waals surface area contributed by atoms with Gasteiger partial charge in [0.2, 0.25) is 6.33 Å². The van der Waals surface area contributed by atoms with Gasteiger partial charge in [0.15, 0.2) is 0 Å². The summed E-state index contributed by atoms with van der Waals surface area (Å²) in [5.41, 5.74) is 0. The van der Waals surface area contributed by atoms with Crippen LogP contribution < -0.4 is 4.57 Å². The molecule has 0 saturated heterocycles. The highest BCUT2D eigenvalue weighted by Crippen LogP contribution is 2.00. The Morgan fingerprint density at radius 3 is 2.85 bits per heavy atom. The van der Waals surface area contributed by atoms with Crippen LogP contribution in [-0.4, -0.2) is 4.57 Å². The van der Waals surface area contributed by atoms with Crippen LogP contribution in [0.4, 0.5) is 0 Å². The molecule has 0 aliphatic heterocycles. The molecule has 2 heteroatoms. The third-order valence-electron chi connectivity index (χ3n) is 2.04. The van der Waals surface area contributed by atoms with Gasteiger partial charge in [-0.15, -0.1) is 0 Å². The standard InChI is InChI=1S/C11H19N2/c1-3-4-5-6-7-8-13-10-9-12(2)11-13/h7-11H,3-6H2,1-2H3/q+1. The Bertz CT molecular complexity index is 261. The van der Waals surface area contributed by atoms with E-state index in [9.17, 15) is 0 Å². The lowest BCUT2D eigenvalue weighted by Gasteiger charge is -1.89. The summed E-state index contributed by atoms with van der Waals surface area (Å²) in [6.45, 7) is 2.23. The zero-order valence-electron chi connectivity index (χ0n) is 8.61. The maximum absolute atomic E-state index is 2.23. The smallest absolute Gasteiger partial charge is 0.239 e. The van der Waals surface area contributed by atoms with E-state index >= 15 is 0 Å². The van der Waals surface area contributed by atoms with Crippen LogP contribution in [0.3, 0.4) is 0 Å². The first-order valence-corrected chi connectivity index (χ1v) is 5.02. The summed E-state index contributed by atoms with van der Waals surface area (Å²) in [7, 11) is 2.03. The van der Waals surface area contributed by atoms with Crippen molar-refractivity contribution in [3.8, 4) is 0 Å². The highest BCUT2D eigenvalue weighted by molar-refractivity contribution is 5.19. The number of allylic oxidation sites excluding steroid dienone is 1. The summed E-state index contributed by atoms with van der Waals surface area (Å²) >= 11 is 0. The van der Waals surface area contributed by atoms with Gasteiger partial charge in [-0.25, -0.2) is 9.13 Å². The minimum absolute atomic E-state index is 1.19. The Kier molecular flexibility index (Phi) is 4.30. The molecule has 0 N–H and O–H groups in total. The van der Waals surface area contributed by atoms with E-state index < -0.39 is 0 Å². The Morgan fingerprint density at radius 1 is 1.38 bits per heavy atom. The Morgan fingerprint density at radius 2 is 2.23 bits per heavy atom. The minimum Gasteiger partial charge on any atom is -0.239 e. The maximum Gasteiger partial charge on any atom is 0.248 e.